The molecule has 0 saturated heterocycles. The number of nitrogen functional groups attached to an aromatic ring is 1. The van der Waals surface area contributed by atoms with Crippen molar-refractivity contribution in [1.82, 2.24) is 19.9 Å². The number of hydrogen-bond donors (Lipinski definition) is 1. The maximum atomic E-state index is 13.7. The van der Waals surface area contributed by atoms with E-state index in [1.54, 1.807) is 24.0 Å². The highest BCUT2D eigenvalue weighted by Crippen LogP contribution is 2.27. The molecule has 0 fully saturated rings. The minimum Gasteiger partial charge on any atom is -0.396 e. The summed E-state index contributed by atoms with van der Waals surface area (Å²) < 4.78 is 33.3. The molecular formula is C12H9F2N5O. The molecule has 0 bridgehead atoms. The Labute approximate surface area is 111 Å². The lowest BCUT2D eigenvalue weighted by Crippen LogP contribution is -1.94. The van der Waals surface area contributed by atoms with E-state index < -0.39 is 11.6 Å². The van der Waals surface area contributed by atoms with Gasteiger partial charge in [0.1, 0.15) is 17.3 Å². The Hall–Kier alpha value is -2.77. The summed E-state index contributed by atoms with van der Waals surface area (Å²) in [5.41, 5.74) is 5.63. The molecule has 0 atom stereocenters. The number of rotatable bonds is 2. The summed E-state index contributed by atoms with van der Waals surface area (Å²) in [4.78, 5) is 4.02. The van der Waals surface area contributed by atoms with Crippen LogP contribution in [0.15, 0.2) is 28.9 Å². The molecule has 6 nitrogen and oxygen atoms in total. The summed E-state index contributed by atoms with van der Waals surface area (Å²) in [5, 5.41) is 7.80. The number of benzene rings is 1. The van der Waals surface area contributed by atoms with Gasteiger partial charge in [0.05, 0.1) is 11.3 Å². The van der Waals surface area contributed by atoms with E-state index >= 15 is 0 Å². The Morgan fingerprint density at radius 3 is 2.75 bits per heavy atom. The fourth-order valence-corrected chi connectivity index (χ4v) is 1.70. The summed E-state index contributed by atoms with van der Waals surface area (Å²) in [6, 6.07) is 3.47. The predicted molar refractivity (Wildman–Crippen MR) is 66.3 cm³/mol. The normalized spacial score (nSPS) is 10.9. The molecule has 1 aromatic carbocycles. The molecule has 3 rings (SSSR count). The van der Waals surface area contributed by atoms with Crippen LogP contribution in [-0.4, -0.2) is 19.9 Å². The summed E-state index contributed by atoms with van der Waals surface area (Å²) in [7, 11) is 1.74. The van der Waals surface area contributed by atoms with Gasteiger partial charge in [-0.05, 0) is 12.1 Å². The van der Waals surface area contributed by atoms with E-state index in [9.17, 15) is 8.78 Å². The van der Waals surface area contributed by atoms with E-state index in [-0.39, 0.29) is 23.0 Å². The van der Waals surface area contributed by atoms with Gasteiger partial charge < -0.3 is 10.3 Å². The largest absolute Gasteiger partial charge is 0.396 e. The second kappa shape index (κ2) is 4.41. The zero-order valence-electron chi connectivity index (χ0n) is 10.3. The second-order valence-electron chi connectivity index (χ2n) is 4.15. The van der Waals surface area contributed by atoms with Gasteiger partial charge in [0.2, 0.25) is 5.82 Å². The Morgan fingerprint density at radius 1 is 1.25 bits per heavy atom. The average molecular weight is 277 g/mol. The molecule has 0 unspecified atom stereocenters. The topological polar surface area (TPSA) is 82.8 Å². The van der Waals surface area contributed by atoms with Crippen molar-refractivity contribution >= 4 is 5.69 Å². The number of halogens is 2. The first kappa shape index (κ1) is 12.3. The van der Waals surface area contributed by atoms with E-state index in [1.807, 2.05) is 0 Å². The van der Waals surface area contributed by atoms with Gasteiger partial charge in [0.25, 0.3) is 5.89 Å². The lowest BCUT2D eigenvalue weighted by molar-refractivity contribution is 0.429. The standard InChI is InChI=1S/C12H9F2N5O/c1-19-3-2-10(17-19)11-16-12(20-18-11)6-4-9(15)8(14)5-7(6)13/h2-5H,15H2,1H3. The molecule has 20 heavy (non-hydrogen) atoms. The highest BCUT2D eigenvalue weighted by atomic mass is 19.1. The zero-order valence-corrected chi connectivity index (χ0v) is 10.3. The van der Waals surface area contributed by atoms with Crippen LogP contribution < -0.4 is 5.73 Å². The molecule has 2 heterocycles. The number of hydrogen-bond acceptors (Lipinski definition) is 5. The minimum absolute atomic E-state index is 0.0569. The molecule has 0 saturated carbocycles. The third-order valence-electron chi connectivity index (χ3n) is 2.69. The molecule has 2 N–H and O–H groups in total. The van der Waals surface area contributed by atoms with Crippen molar-refractivity contribution in [3.63, 3.8) is 0 Å². The Balaban J connectivity index is 2.04. The van der Waals surface area contributed by atoms with Crippen LogP contribution in [0.1, 0.15) is 0 Å². The zero-order chi connectivity index (χ0) is 14.3. The molecule has 0 aliphatic carbocycles. The van der Waals surface area contributed by atoms with Crippen LogP contribution in [0.25, 0.3) is 23.0 Å². The maximum Gasteiger partial charge on any atom is 0.261 e. The quantitative estimate of drug-likeness (QED) is 0.724. The van der Waals surface area contributed by atoms with Gasteiger partial charge in [-0.3, -0.25) is 4.68 Å². The third kappa shape index (κ3) is 2.00. The van der Waals surface area contributed by atoms with E-state index in [4.69, 9.17) is 10.3 Å². The Kier molecular flexibility index (Phi) is 2.70. The molecular weight excluding hydrogens is 268 g/mol. The van der Waals surface area contributed by atoms with Gasteiger partial charge in [-0.1, -0.05) is 5.16 Å². The van der Waals surface area contributed by atoms with Crippen LogP contribution in [0, 0.1) is 11.6 Å². The molecule has 0 radical (unpaired) electrons. The molecule has 3 aromatic rings. The fourth-order valence-electron chi connectivity index (χ4n) is 1.70. The molecule has 8 heteroatoms. The highest BCUT2D eigenvalue weighted by Gasteiger charge is 2.17. The fraction of sp³-hybridized carbons (Fsp3) is 0.0833. The van der Waals surface area contributed by atoms with Gasteiger partial charge >= 0.3 is 0 Å². The molecule has 0 amide bonds. The SMILES string of the molecule is Cn1ccc(-c2noc(-c3cc(N)c(F)cc3F)n2)n1. The number of aryl methyl sites for hydroxylation is 1. The summed E-state index contributed by atoms with van der Waals surface area (Å²) >= 11 is 0. The maximum absolute atomic E-state index is 13.7. The summed E-state index contributed by atoms with van der Waals surface area (Å²) in [6.07, 6.45) is 1.71. The van der Waals surface area contributed by atoms with Crippen LogP contribution in [0.3, 0.4) is 0 Å². The lowest BCUT2D eigenvalue weighted by atomic mass is 10.2. The molecule has 2 aromatic heterocycles. The predicted octanol–water partition coefficient (Wildman–Crippen LogP) is 2.00. The van der Waals surface area contributed by atoms with Crippen molar-refractivity contribution in [2.45, 2.75) is 0 Å². The highest BCUT2D eigenvalue weighted by molar-refractivity contribution is 5.62. The van der Waals surface area contributed by atoms with Crippen LogP contribution in [0.4, 0.5) is 14.5 Å². The average Bonchev–Trinajstić information content (AvgIpc) is 3.02. The van der Waals surface area contributed by atoms with E-state index in [0.717, 1.165) is 6.07 Å². The van der Waals surface area contributed by atoms with Gasteiger partial charge in [0, 0.05) is 19.3 Å². The van der Waals surface area contributed by atoms with Crippen molar-refractivity contribution in [2.75, 3.05) is 5.73 Å². The Bertz CT molecular complexity index is 780. The minimum atomic E-state index is -0.837. The summed E-state index contributed by atoms with van der Waals surface area (Å²) in [6.45, 7) is 0. The third-order valence-corrected chi connectivity index (χ3v) is 2.69. The van der Waals surface area contributed by atoms with Crippen LogP contribution in [0.5, 0.6) is 0 Å². The van der Waals surface area contributed by atoms with Gasteiger partial charge in [-0.15, -0.1) is 0 Å². The van der Waals surface area contributed by atoms with Crippen molar-refractivity contribution in [3.8, 4) is 23.0 Å². The number of aromatic nitrogens is 4. The first-order valence-electron chi connectivity index (χ1n) is 5.63. The molecule has 102 valence electrons. The molecule has 0 aliphatic heterocycles. The Morgan fingerprint density at radius 2 is 2.05 bits per heavy atom. The molecule has 0 aliphatic rings. The van der Waals surface area contributed by atoms with Crippen molar-refractivity contribution < 1.29 is 13.3 Å². The number of nitrogens with zero attached hydrogens (tertiary/aromatic N) is 4. The van der Waals surface area contributed by atoms with E-state index in [1.165, 1.54) is 0 Å². The van der Waals surface area contributed by atoms with Gasteiger partial charge in [-0.2, -0.15) is 10.1 Å². The smallest absolute Gasteiger partial charge is 0.261 e. The van der Waals surface area contributed by atoms with Crippen molar-refractivity contribution in [1.29, 1.82) is 0 Å². The van der Waals surface area contributed by atoms with E-state index in [0.29, 0.717) is 11.8 Å². The van der Waals surface area contributed by atoms with E-state index in [2.05, 4.69) is 15.2 Å². The molecule has 0 spiro atoms. The number of nitrogens with two attached hydrogens (primary N) is 1. The first-order valence-corrected chi connectivity index (χ1v) is 5.63. The van der Waals surface area contributed by atoms with Gasteiger partial charge in [0.15, 0.2) is 0 Å². The van der Waals surface area contributed by atoms with Crippen LogP contribution >= 0.6 is 0 Å². The van der Waals surface area contributed by atoms with Crippen LogP contribution in [-0.2, 0) is 7.05 Å². The number of anilines is 1. The summed E-state index contributed by atoms with van der Waals surface area (Å²) in [5.74, 6) is -1.54. The monoisotopic (exact) mass is 277 g/mol. The van der Waals surface area contributed by atoms with Crippen LogP contribution in [0.2, 0.25) is 0 Å². The lowest BCUT2D eigenvalue weighted by Gasteiger charge is -2.00. The van der Waals surface area contributed by atoms with Crippen molar-refractivity contribution in [2.24, 2.45) is 7.05 Å². The van der Waals surface area contributed by atoms with Gasteiger partial charge in [-0.25, -0.2) is 8.78 Å². The van der Waals surface area contributed by atoms with Crippen molar-refractivity contribution in [3.05, 3.63) is 36.0 Å². The first-order chi connectivity index (χ1) is 9.54. The second-order valence-corrected chi connectivity index (χ2v) is 4.15.